The highest BCUT2D eigenvalue weighted by Gasteiger charge is 2.43. The number of aliphatic carboxylic acids is 1. The highest BCUT2D eigenvalue weighted by molar-refractivity contribution is 5.83. The maximum Gasteiger partial charge on any atom is 0.314 e. The van der Waals surface area contributed by atoms with Crippen LogP contribution in [0.1, 0.15) is 45.6 Å². The molecule has 0 atom stereocenters. The minimum Gasteiger partial charge on any atom is -0.481 e. The van der Waals surface area contributed by atoms with Crippen LogP contribution in [0.3, 0.4) is 0 Å². The molecule has 0 aliphatic carbocycles. The van der Waals surface area contributed by atoms with E-state index in [1.807, 2.05) is 56.0 Å². The number of piperidine rings is 1. The quantitative estimate of drug-likeness (QED) is 0.933. The van der Waals surface area contributed by atoms with Crippen molar-refractivity contribution in [2.45, 2.75) is 45.4 Å². The topological polar surface area (TPSA) is 57.6 Å². The van der Waals surface area contributed by atoms with Gasteiger partial charge in [-0.25, -0.2) is 0 Å². The van der Waals surface area contributed by atoms with Crippen LogP contribution < -0.4 is 0 Å². The predicted molar refractivity (Wildman–Crippen MR) is 85.6 cm³/mol. The molecule has 1 N–H and O–H groups in total. The number of rotatable bonds is 3. The van der Waals surface area contributed by atoms with Gasteiger partial charge in [-0.1, -0.05) is 51.1 Å². The molecule has 120 valence electrons. The summed E-state index contributed by atoms with van der Waals surface area (Å²) in [5.74, 6) is -0.666. The zero-order chi connectivity index (χ0) is 16.4. The van der Waals surface area contributed by atoms with E-state index in [0.29, 0.717) is 32.4 Å². The van der Waals surface area contributed by atoms with E-state index >= 15 is 0 Å². The third kappa shape index (κ3) is 3.49. The predicted octanol–water partition coefficient (Wildman–Crippen LogP) is 3.07. The third-order valence-corrected chi connectivity index (χ3v) is 4.39. The Morgan fingerprint density at radius 2 is 1.68 bits per heavy atom. The van der Waals surface area contributed by atoms with Crippen molar-refractivity contribution in [1.29, 1.82) is 0 Å². The molecule has 0 aromatic heterocycles. The number of nitrogens with zero attached hydrogens (tertiary/aromatic N) is 1. The lowest BCUT2D eigenvalue weighted by Gasteiger charge is -2.40. The molecule has 1 aromatic carbocycles. The van der Waals surface area contributed by atoms with Crippen molar-refractivity contribution in [2.75, 3.05) is 13.1 Å². The largest absolute Gasteiger partial charge is 0.481 e. The van der Waals surface area contributed by atoms with Gasteiger partial charge in [0.15, 0.2) is 0 Å². The first-order chi connectivity index (χ1) is 10.2. The summed E-state index contributed by atoms with van der Waals surface area (Å²) in [6, 6.07) is 9.39. The van der Waals surface area contributed by atoms with Gasteiger partial charge in [-0.15, -0.1) is 0 Å². The summed E-state index contributed by atoms with van der Waals surface area (Å²) < 4.78 is 0. The van der Waals surface area contributed by atoms with Crippen molar-refractivity contribution in [1.82, 2.24) is 4.90 Å². The molecule has 0 radical (unpaired) electrons. The molecule has 1 heterocycles. The second kappa shape index (κ2) is 6.11. The van der Waals surface area contributed by atoms with Gasteiger partial charge >= 0.3 is 5.97 Å². The Balaban J connectivity index is 2.11. The first-order valence-corrected chi connectivity index (χ1v) is 7.81. The molecular formula is C18H25NO3. The minimum absolute atomic E-state index is 0.0438. The second-order valence-corrected chi connectivity index (χ2v) is 7.37. The Morgan fingerprint density at radius 1 is 1.14 bits per heavy atom. The van der Waals surface area contributed by atoms with E-state index in [-0.39, 0.29) is 11.3 Å². The summed E-state index contributed by atoms with van der Waals surface area (Å²) in [5, 5.41) is 9.75. The molecule has 0 bridgehead atoms. The summed E-state index contributed by atoms with van der Waals surface area (Å²) >= 11 is 0. The molecule has 4 heteroatoms. The molecule has 0 saturated carbocycles. The summed E-state index contributed by atoms with van der Waals surface area (Å²) in [7, 11) is 0. The van der Waals surface area contributed by atoms with E-state index in [1.165, 1.54) is 0 Å². The standard InChI is InChI=1S/C18H25NO3/c1-17(2,3)13-15(20)19-11-9-18(10-12-19,16(21)22)14-7-5-4-6-8-14/h4-8H,9-13H2,1-3H3,(H,21,22). The van der Waals surface area contributed by atoms with Crippen LogP contribution in [0, 0.1) is 5.41 Å². The van der Waals surface area contributed by atoms with Gasteiger partial charge in [0, 0.05) is 19.5 Å². The minimum atomic E-state index is -0.861. The van der Waals surface area contributed by atoms with E-state index < -0.39 is 11.4 Å². The average molecular weight is 303 g/mol. The maximum absolute atomic E-state index is 12.3. The van der Waals surface area contributed by atoms with Crippen molar-refractivity contribution < 1.29 is 14.7 Å². The Kier molecular flexibility index (Phi) is 4.59. The Morgan fingerprint density at radius 3 is 2.14 bits per heavy atom. The molecule has 1 aliphatic heterocycles. The van der Waals surface area contributed by atoms with E-state index in [1.54, 1.807) is 0 Å². The SMILES string of the molecule is CC(C)(C)CC(=O)N1CCC(C(=O)O)(c2ccccc2)CC1. The number of benzene rings is 1. The number of carbonyl (C=O) groups excluding carboxylic acids is 1. The van der Waals surface area contributed by atoms with Gasteiger partial charge < -0.3 is 10.0 Å². The van der Waals surface area contributed by atoms with Crippen LogP contribution in [0.4, 0.5) is 0 Å². The van der Waals surface area contributed by atoms with Crippen LogP contribution in [-0.4, -0.2) is 35.0 Å². The van der Waals surface area contributed by atoms with Gasteiger partial charge in [0.2, 0.25) is 5.91 Å². The molecule has 2 rings (SSSR count). The highest BCUT2D eigenvalue weighted by Crippen LogP contribution is 2.36. The molecule has 4 nitrogen and oxygen atoms in total. The van der Waals surface area contributed by atoms with Gasteiger partial charge in [-0.05, 0) is 23.8 Å². The van der Waals surface area contributed by atoms with Gasteiger partial charge in [0.1, 0.15) is 0 Å². The number of carboxylic acid groups (broad SMARTS) is 1. The fourth-order valence-electron chi connectivity index (χ4n) is 3.09. The van der Waals surface area contributed by atoms with Gasteiger partial charge in [-0.2, -0.15) is 0 Å². The number of amides is 1. The maximum atomic E-state index is 12.3. The van der Waals surface area contributed by atoms with E-state index in [4.69, 9.17) is 0 Å². The lowest BCUT2D eigenvalue weighted by molar-refractivity contribution is -0.148. The Hall–Kier alpha value is -1.84. The van der Waals surface area contributed by atoms with Crippen LogP contribution in [0.15, 0.2) is 30.3 Å². The first-order valence-electron chi connectivity index (χ1n) is 7.81. The van der Waals surface area contributed by atoms with E-state index in [0.717, 1.165) is 5.56 Å². The normalized spacial score (nSPS) is 18.0. The summed E-state index contributed by atoms with van der Waals surface area (Å²) in [5.41, 5.74) is -0.0668. The summed E-state index contributed by atoms with van der Waals surface area (Å²) in [6.07, 6.45) is 1.45. The Labute approximate surface area is 132 Å². The monoisotopic (exact) mass is 303 g/mol. The van der Waals surface area contributed by atoms with Crippen molar-refractivity contribution >= 4 is 11.9 Å². The molecule has 22 heavy (non-hydrogen) atoms. The van der Waals surface area contributed by atoms with Crippen molar-refractivity contribution in [3.63, 3.8) is 0 Å². The fourth-order valence-corrected chi connectivity index (χ4v) is 3.09. The van der Waals surface area contributed by atoms with E-state index in [2.05, 4.69) is 0 Å². The average Bonchev–Trinajstić information content (AvgIpc) is 2.46. The lowest BCUT2D eigenvalue weighted by atomic mass is 9.72. The van der Waals surface area contributed by atoms with Gasteiger partial charge in [-0.3, -0.25) is 9.59 Å². The van der Waals surface area contributed by atoms with Gasteiger partial charge in [0.05, 0.1) is 5.41 Å². The number of hydrogen-bond acceptors (Lipinski definition) is 2. The van der Waals surface area contributed by atoms with Crippen molar-refractivity contribution in [2.24, 2.45) is 5.41 Å². The summed E-state index contributed by atoms with van der Waals surface area (Å²) in [6.45, 7) is 7.15. The third-order valence-electron chi connectivity index (χ3n) is 4.39. The fraction of sp³-hybridized carbons (Fsp3) is 0.556. The zero-order valence-corrected chi connectivity index (χ0v) is 13.6. The molecule has 0 spiro atoms. The molecule has 1 aliphatic rings. The zero-order valence-electron chi connectivity index (χ0n) is 13.6. The summed E-state index contributed by atoms with van der Waals surface area (Å²) in [4.78, 5) is 26.0. The Bertz CT molecular complexity index is 537. The number of hydrogen-bond donors (Lipinski definition) is 1. The molecule has 1 fully saturated rings. The highest BCUT2D eigenvalue weighted by atomic mass is 16.4. The van der Waals surface area contributed by atoms with Crippen molar-refractivity contribution in [3.8, 4) is 0 Å². The molecular weight excluding hydrogens is 278 g/mol. The van der Waals surface area contributed by atoms with Crippen LogP contribution in [0.25, 0.3) is 0 Å². The lowest BCUT2D eigenvalue weighted by Crippen LogP contribution is -2.49. The molecule has 1 saturated heterocycles. The van der Waals surface area contributed by atoms with Crippen LogP contribution in [-0.2, 0) is 15.0 Å². The van der Waals surface area contributed by atoms with Crippen LogP contribution in [0.5, 0.6) is 0 Å². The molecule has 1 aromatic rings. The number of likely N-dealkylation sites (tertiary alicyclic amines) is 1. The molecule has 1 amide bonds. The smallest absolute Gasteiger partial charge is 0.314 e. The van der Waals surface area contributed by atoms with Crippen molar-refractivity contribution in [3.05, 3.63) is 35.9 Å². The number of carboxylic acids is 1. The first kappa shape index (κ1) is 16.5. The number of carbonyl (C=O) groups is 2. The van der Waals surface area contributed by atoms with Crippen LogP contribution >= 0.6 is 0 Å². The second-order valence-electron chi connectivity index (χ2n) is 7.37. The molecule has 0 unspecified atom stereocenters. The van der Waals surface area contributed by atoms with E-state index in [9.17, 15) is 14.7 Å². The van der Waals surface area contributed by atoms with Gasteiger partial charge in [0.25, 0.3) is 0 Å². The van der Waals surface area contributed by atoms with Crippen LogP contribution in [0.2, 0.25) is 0 Å².